The van der Waals surface area contributed by atoms with E-state index >= 15 is 0 Å². The Morgan fingerprint density at radius 2 is 0.320 bits per heavy atom. The molecule has 0 aliphatic heterocycles. The Balaban J connectivity index is 2.24. The Bertz CT molecular complexity index is 1830. The maximum Gasteiger partial charge on any atom is 0.200 e. The fourth-order valence-electron chi connectivity index (χ4n) is 4.59. The van der Waals surface area contributed by atoms with Crippen LogP contribution in [0.15, 0.2) is 0 Å². The van der Waals surface area contributed by atoms with Gasteiger partial charge in [0.05, 0.1) is 21.2 Å². The summed E-state index contributed by atoms with van der Waals surface area (Å²) >= 11 is 0. The first-order valence-electron chi connectivity index (χ1n) is 12.2. The van der Waals surface area contributed by atoms with Crippen molar-refractivity contribution >= 4 is 35.5 Å². The number of rotatable bonds is 7. The molecule has 270 valence electrons. The summed E-state index contributed by atoms with van der Waals surface area (Å²) in [6, 6.07) is 0. The third kappa shape index (κ3) is 5.36. The van der Waals surface area contributed by atoms with E-state index in [1.165, 1.54) is 0 Å². The second kappa shape index (κ2) is 12.9. The van der Waals surface area contributed by atoms with Gasteiger partial charge < -0.3 is 9.13 Å². The number of hydrogen-bond donors (Lipinski definition) is 0. The lowest BCUT2D eigenvalue weighted by Crippen LogP contribution is -2.36. The Morgan fingerprint density at radius 1 is 0.220 bits per heavy atom. The minimum Gasteiger partial charge on any atom is -0.313 e. The van der Waals surface area contributed by atoms with Gasteiger partial charge in [0.1, 0.15) is 0 Å². The van der Waals surface area contributed by atoms with E-state index < -0.39 is 164 Å². The van der Waals surface area contributed by atoms with E-state index in [-0.39, 0.29) is 0 Å². The van der Waals surface area contributed by atoms with Crippen LogP contribution in [-0.4, -0.2) is 12.3 Å². The van der Waals surface area contributed by atoms with Crippen LogP contribution in [0.25, 0.3) is 0 Å². The third-order valence-electron chi connectivity index (χ3n) is 6.92. The molecule has 24 heteroatoms. The van der Waals surface area contributed by atoms with Crippen molar-refractivity contribution < 1.29 is 96.9 Å². The van der Waals surface area contributed by atoms with Crippen molar-refractivity contribution in [3.63, 3.8) is 0 Å². The van der Waals surface area contributed by atoms with Gasteiger partial charge in [0.25, 0.3) is 0 Å². The Hall–Kier alpha value is -4.06. The standard InChI is InChI=1S/C26H4F20O2P2/c27-3-7(31)15(39)23(16(40)8(3)32)49(47,24-17(41)9(33)4(28)10(34)18(24)42)1-2-50(48,25-19(43)11(35)5(29)12(36)20(25)44)26-21(45)13(37)6(30)14(38)22(26)46/h1-2H2. The molecule has 0 aromatic heterocycles. The Morgan fingerprint density at radius 3 is 0.440 bits per heavy atom. The van der Waals surface area contributed by atoms with Gasteiger partial charge in [-0.2, -0.15) is 0 Å². The van der Waals surface area contributed by atoms with E-state index in [9.17, 15) is 96.9 Å². The van der Waals surface area contributed by atoms with Crippen molar-refractivity contribution in [1.29, 1.82) is 0 Å². The minimum atomic E-state index is -7.16. The third-order valence-corrected chi connectivity index (χ3v) is 13.4. The molecule has 0 saturated heterocycles. The molecule has 0 atom stereocenters. The van der Waals surface area contributed by atoms with Crippen LogP contribution in [0.1, 0.15) is 0 Å². The van der Waals surface area contributed by atoms with Gasteiger partial charge in [-0.3, -0.25) is 0 Å². The van der Waals surface area contributed by atoms with E-state index in [0.29, 0.717) is 0 Å². The quantitative estimate of drug-likeness (QED) is 0.0830. The predicted octanol–water partition coefficient (Wildman–Crippen LogP) is 7.80. The fraction of sp³-hybridized carbons (Fsp3) is 0.0769. The van der Waals surface area contributed by atoms with Crippen LogP contribution in [0, 0.1) is 116 Å². The van der Waals surface area contributed by atoms with Crippen molar-refractivity contribution in [3.8, 4) is 0 Å². The molecule has 2 nitrogen and oxygen atoms in total. The zero-order valence-corrected chi connectivity index (χ0v) is 24.5. The molecule has 0 saturated carbocycles. The first-order chi connectivity index (χ1) is 22.9. The van der Waals surface area contributed by atoms with E-state index in [2.05, 4.69) is 0 Å². The van der Waals surface area contributed by atoms with Crippen LogP contribution in [-0.2, 0) is 9.13 Å². The van der Waals surface area contributed by atoms with E-state index in [0.717, 1.165) is 0 Å². The highest BCUT2D eigenvalue weighted by Crippen LogP contribution is 2.55. The van der Waals surface area contributed by atoms with Crippen LogP contribution in [0.2, 0.25) is 0 Å². The van der Waals surface area contributed by atoms with Crippen LogP contribution in [0.4, 0.5) is 87.8 Å². The summed E-state index contributed by atoms with van der Waals surface area (Å²) in [5.41, 5.74) is 0. The first kappa shape index (κ1) is 38.7. The van der Waals surface area contributed by atoms with E-state index in [1.807, 2.05) is 0 Å². The van der Waals surface area contributed by atoms with Crippen molar-refractivity contribution in [2.45, 2.75) is 0 Å². The van der Waals surface area contributed by atoms with Crippen LogP contribution in [0.3, 0.4) is 0 Å². The normalized spacial score (nSPS) is 12.3. The summed E-state index contributed by atoms with van der Waals surface area (Å²) < 4.78 is 317. The van der Waals surface area contributed by atoms with Gasteiger partial charge >= 0.3 is 0 Å². The van der Waals surface area contributed by atoms with Gasteiger partial charge in [-0.1, -0.05) is 0 Å². The fourth-order valence-corrected chi connectivity index (χ4v) is 11.5. The topological polar surface area (TPSA) is 34.1 Å². The lowest BCUT2D eigenvalue weighted by Gasteiger charge is -2.27. The summed E-state index contributed by atoms with van der Waals surface area (Å²) in [6.45, 7) is 0. The molecule has 50 heavy (non-hydrogen) atoms. The number of hydrogen-bond acceptors (Lipinski definition) is 2. The molecule has 0 aliphatic carbocycles. The predicted molar refractivity (Wildman–Crippen MR) is 128 cm³/mol. The molecule has 0 radical (unpaired) electrons. The van der Waals surface area contributed by atoms with Crippen LogP contribution >= 0.6 is 14.3 Å². The van der Waals surface area contributed by atoms with Crippen molar-refractivity contribution in [2.24, 2.45) is 0 Å². The van der Waals surface area contributed by atoms with Gasteiger partial charge in [0.15, 0.2) is 107 Å². The highest BCUT2D eigenvalue weighted by molar-refractivity contribution is 7.82. The van der Waals surface area contributed by atoms with Crippen molar-refractivity contribution in [1.82, 2.24) is 0 Å². The van der Waals surface area contributed by atoms with Crippen molar-refractivity contribution in [3.05, 3.63) is 116 Å². The molecule has 0 spiro atoms. The van der Waals surface area contributed by atoms with E-state index in [1.54, 1.807) is 0 Å². The zero-order valence-electron chi connectivity index (χ0n) is 22.7. The smallest absolute Gasteiger partial charge is 0.200 e. The maximum absolute atomic E-state index is 15.0. The zero-order chi connectivity index (χ0) is 38.3. The SMILES string of the molecule is O=P(CCP(=O)(c1c(F)c(F)c(F)c(F)c1F)c1c(F)c(F)c(F)c(F)c1F)(c1c(F)c(F)c(F)c(F)c1F)c1c(F)c(F)c(F)c(F)c1F. The summed E-state index contributed by atoms with van der Waals surface area (Å²) in [6.07, 6.45) is -5.75. The first-order valence-corrected chi connectivity index (χ1v) is 16.0. The molecular formula is C26H4F20O2P2. The summed E-state index contributed by atoms with van der Waals surface area (Å²) in [4.78, 5) is 0. The van der Waals surface area contributed by atoms with Crippen molar-refractivity contribution in [2.75, 3.05) is 12.3 Å². The highest BCUT2D eigenvalue weighted by atomic mass is 31.2. The lowest BCUT2D eigenvalue weighted by molar-refractivity contribution is 0.381. The largest absolute Gasteiger partial charge is 0.313 e. The summed E-state index contributed by atoms with van der Waals surface area (Å²) in [7, 11) is -14.3. The molecule has 4 rings (SSSR count). The van der Waals surface area contributed by atoms with Gasteiger partial charge in [-0.15, -0.1) is 0 Å². The second-order valence-electron chi connectivity index (χ2n) is 9.60. The molecule has 4 aromatic rings. The van der Waals surface area contributed by atoms with Gasteiger partial charge in [-0.25, -0.2) is 87.8 Å². The molecule has 0 heterocycles. The number of halogens is 20. The maximum atomic E-state index is 15.0. The second-order valence-corrected chi connectivity index (χ2v) is 15.2. The van der Waals surface area contributed by atoms with Crippen LogP contribution in [0.5, 0.6) is 0 Å². The minimum absolute atomic E-state index is 2.88. The molecule has 0 N–H and O–H groups in total. The molecule has 0 aliphatic rings. The molecule has 0 fully saturated rings. The summed E-state index contributed by atoms with van der Waals surface area (Å²) in [5.74, 6) is -65.6. The lowest BCUT2D eigenvalue weighted by atomic mass is 10.3. The molecule has 4 aromatic carbocycles. The average molecular weight is 790 g/mol. The molecule has 0 unspecified atom stereocenters. The van der Waals surface area contributed by atoms with Gasteiger partial charge in [0, 0.05) is 12.3 Å². The van der Waals surface area contributed by atoms with Gasteiger partial charge in [-0.05, 0) is 0 Å². The summed E-state index contributed by atoms with van der Waals surface area (Å²) in [5, 5.41) is -12.3. The van der Waals surface area contributed by atoms with E-state index in [4.69, 9.17) is 0 Å². The Kier molecular flexibility index (Phi) is 10.0. The Labute approximate surface area is 261 Å². The molecule has 0 bridgehead atoms. The molecular weight excluding hydrogens is 786 g/mol. The molecule has 0 amide bonds. The van der Waals surface area contributed by atoms with Gasteiger partial charge in [0.2, 0.25) is 23.3 Å². The van der Waals surface area contributed by atoms with Crippen LogP contribution < -0.4 is 21.2 Å². The number of benzene rings is 4. The highest BCUT2D eigenvalue weighted by Gasteiger charge is 2.50. The average Bonchev–Trinajstić information content (AvgIpc) is 3.07. The monoisotopic (exact) mass is 790 g/mol.